The summed E-state index contributed by atoms with van der Waals surface area (Å²) in [6.07, 6.45) is 1.93. The number of nitrogens with zero attached hydrogens (tertiary/aromatic N) is 3. The first-order chi connectivity index (χ1) is 19.9. The van der Waals surface area contributed by atoms with Crippen LogP contribution in [0.15, 0.2) is 82.7 Å². The molecule has 3 aromatic carbocycles. The van der Waals surface area contributed by atoms with Crippen molar-refractivity contribution in [1.29, 1.82) is 0 Å². The van der Waals surface area contributed by atoms with E-state index in [0.717, 1.165) is 18.4 Å². The van der Waals surface area contributed by atoms with Crippen LogP contribution in [-0.2, 0) is 15.3 Å². The van der Waals surface area contributed by atoms with Gasteiger partial charge < -0.3 is 9.84 Å². The van der Waals surface area contributed by atoms with E-state index in [1.54, 1.807) is 42.5 Å². The van der Waals surface area contributed by atoms with Crippen molar-refractivity contribution in [2.24, 2.45) is 0 Å². The molecule has 1 aliphatic heterocycles. The summed E-state index contributed by atoms with van der Waals surface area (Å²) in [5.41, 5.74) is 1.90. The quantitative estimate of drug-likeness (QED) is 0.0477. The molecule has 2 heterocycles. The third-order valence-corrected chi connectivity index (χ3v) is 9.27. The Morgan fingerprint density at radius 3 is 2.49 bits per heavy atom. The number of unbranched alkanes of at least 4 members (excludes halogenated alkanes) is 1. The van der Waals surface area contributed by atoms with Gasteiger partial charge in [-0.15, -0.1) is 10.2 Å². The second-order valence-corrected chi connectivity index (χ2v) is 12.2. The highest BCUT2D eigenvalue weighted by Gasteiger charge is 2.48. The molecule has 1 saturated heterocycles. The smallest absolute Gasteiger partial charge is 0.301 e. The zero-order valence-electron chi connectivity index (χ0n) is 21.9. The van der Waals surface area contributed by atoms with Crippen LogP contribution in [0.4, 0.5) is 5.13 Å². The number of halogens is 2. The van der Waals surface area contributed by atoms with Gasteiger partial charge in [0.2, 0.25) is 5.13 Å². The van der Waals surface area contributed by atoms with E-state index in [4.69, 9.17) is 27.9 Å². The van der Waals surface area contributed by atoms with Crippen LogP contribution in [0.5, 0.6) is 5.75 Å². The van der Waals surface area contributed by atoms with E-state index in [-0.39, 0.29) is 21.5 Å². The number of thioether (sulfide) groups is 1. The van der Waals surface area contributed by atoms with E-state index in [9.17, 15) is 14.7 Å². The second kappa shape index (κ2) is 13.1. The molecule has 5 rings (SSSR count). The van der Waals surface area contributed by atoms with Crippen molar-refractivity contribution in [2.45, 2.75) is 35.9 Å². The SMILES string of the molecule is CCCCOc1ccc(C(O)=C2C(=O)C(=O)N(c3nnc(SCc4ccccc4)s3)[C@H]2c2ccc(Cl)c(Cl)c2)cc1. The van der Waals surface area contributed by atoms with Gasteiger partial charge in [-0.25, -0.2) is 0 Å². The minimum Gasteiger partial charge on any atom is -0.507 e. The number of ketones is 1. The summed E-state index contributed by atoms with van der Waals surface area (Å²) in [5.74, 6) is -0.660. The molecule has 210 valence electrons. The Kier molecular flexibility index (Phi) is 9.29. The van der Waals surface area contributed by atoms with E-state index < -0.39 is 17.7 Å². The van der Waals surface area contributed by atoms with E-state index in [0.29, 0.717) is 38.6 Å². The van der Waals surface area contributed by atoms with Crippen LogP contribution >= 0.6 is 46.3 Å². The molecule has 1 N–H and O–H groups in total. The zero-order valence-corrected chi connectivity index (χ0v) is 25.1. The number of rotatable bonds is 10. The third kappa shape index (κ3) is 6.43. The fourth-order valence-electron chi connectivity index (χ4n) is 4.30. The summed E-state index contributed by atoms with van der Waals surface area (Å²) in [5, 5.41) is 20.7. The van der Waals surface area contributed by atoms with Crippen molar-refractivity contribution in [1.82, 2.24) is 10.2 Å². The van der Waals surface area contributed by atoms with Gasteiger partial charge in [0.25, 0.3) is 5.78 Å². The summed E-state index contributed by atoms with van der Waals surface area (Å²) in [6.45, 7) is 2.66. The highest BCUT2D eigenvalue weighted by atomic mass is 35.5. The van der Waals surface area contributed by atoms with Crippen molar-refractivity contribution in [3.8, 4) is 5.75 Å². The van der Waals surface area contributed by atoms with Gasteiger partial charge in [-0.3, -0.25) is 14.5 Å². The van der Waals surface area contributed by atoms with Crippen molar-refractivity contribution in [3.63, 3.8) is 0 Å². The average Bonchev–Trinajstić information content (AvgIpc) is 3.56. The summed E-state index contributed by atoms with van der Waals surface area (Å²) in [4.78, 5) is 28.2. The first-order valence-corrected chi connectivity index (χ1v) is 15.4. The fraction of sp³-hybridized carbons (Fsp3) is 0.200. The number of aliphatic hydroxyl groups is 1. The Hall–Kier alpha value is -3.37. The van der Waals surface area contributed by atoms with Crippen LogP contribution in [0.25, 0.3) is 5.76 Å². The van der Waals surface area contributed by atoms with Crippen molar-refractivity contribution >= 4 is 68.9 Å². The van der Waals surface area contributed by atoms with Gasteiger partial charge in [-0.05, 0) is 53.9 Å². The molecule has 0 unspecified atom stereocenters. The van der Waals surface area contributed by atoms with Gasteiger partial charge in [-0.2, -0.15) is 0 Å². The van der Waals surface area contributed by atoms with Gasteiger partial charge in [0.05, 0.1) is 28.3 Å². The molecule has 0 radical (unpaired) electrons. The number of benzene rings is 3. The predicted molar refractivity (Wildman–Crippen MR) is 164 cm³/mol. The maximum Gasteiger partial charge on any atom is 0.301 e. The number of carbonyl (C=O) groups excluding carboxylic acids is 2. The highest BCUT2D eigenvalue weighted by molar-refractivity contribution is 8.00. The minimum atomic E-state index is -0.995. The Bertz CT molecular complexity index is 1590. The number of anilines is 1. The Balaban J connectivity index is 1.51. The third-order valence-electron chi connectivity index (χ3n) is 6.41. The molecule has 0 saturated carbocycles. The van der Waals surface area contributed by atoms with Gasteiger partial charge >= 0.3 is 5.91 Å². The number of hydrogen-bond acceptors (Lipinski definition) is 8. The molecule has 1 fully saturated rings. The molecular weight excluding hydrogens is 601 g/mol. The zero-order chi connectivity index (χ0) is 28.9. The molecule has 0 spiro atoms. The second-order valence-electron chi connectivity index (χ2n) is 9.19. The average molecular weight is 627 g/mol. The van der Waals surface area contributed by atoms with Crippen LogP contribution in [-0.4, -0.2) is 33.6 Å². The van der Waals surface area contributed by atoms with E-state index in [2.05, 4.69) is 17.1 Å². The molecule has 0 bridgehead atoms. The van der Waals surface area contributed by atoms with Gasteiger partial charge in [0, 0.05) is 11.3 Å². The van der Waals surface area contributed by atoms with Crippen LogP contribution in [0, 0.1) is 0 Å². The maximum absolute atomic E-state index is 13.5. The van der Waals surface area contributed by atoms with Crippen LogP contribution in [0.2, 0.25) is 10.0 Å². The first-order valence-electron chi connectivity index (χ1n) is 12.9. The molecule has 1 atom stereocenters. The maximum atomic E-state index is 13.5. The number of aromatic nitrogens is 2. The van der Waals surface area contributed by atoms with Crippen molar-refractivity contribution < 1.29 is 19.4 Å². The summed E-state index contributed by atoms with van der Waals surface area (Å²) >= 11 is 15.2. The van der Waals surface area contributed by atoms with Gasteiger partial charge in [0.1, 0.15) is 11.5 Å². The Labute approximate surface area is 255 Å². The topological polar surface area (TPSA) is 92.6 Å². The predicted octanol–water partition coefficient (Wildman–Crippen LogP) is 7.94. The van der Waals surface area contributed by atoms with Crippen LogP contribution in [0.3, 0.4) is 0 Å². The van der Waals surface area contributed by atoms with E-state index in [1.165, 1.54) is 28.0 Å². The lowest BCUT2D eigenvalue weighted by Crippen LogP contribution is -2.29. The number of hydrogen-bond donors (Lipinski definition) is 1. The largest absolute Gasteiger partial charge is 0.507 e. The van der Waals surface area contributed by atoms with E-state index in [1.807, 2.05) is 30.3 Å². The number of aliphatic hydroxyl groups excluding tert-OH is 1. The molecule has 11 heteroatoms. The first kappa shape index (κ1) is 29.1. The lowest BCUT2D eigenvalue weighted by atomic mass is 9.95. The molecule has 1 aliphatic rings. The fourth-order valence-corrected chi connectivity index (χ4v) is 6.43. The lowest BCUT2D eigenvalue weighted by molar-refractivity contribution is -0.132. The molecule has 1 aromatic heterocycles. The summed E-state index contributed by atoms with van der Waals surface area (Å²) in [7, 11) is 0. The number of ether oxygens (including phenoxy) is 1. The van der Waals surface area contributed by atoms with Crippen molar-refractivity contribution in [2.75, 3.05) is 11.5 Å². The van der Waals surface area contributed by atoms with Gasteiger partial charge in [0.15, 0.2) is 4.34 Å². The monoisotopic (exact) mass is 625 g/mol. The minimum absolute atomic E-state index is 0.0817. The van der Waals surface area contributed by atoms with E-state index >= 15 is 0 Å². The summed E-state index contributed by atoms with van der Waals surface area (Å²) in [6, 6.07) is 20.5. The number of carbonyl (C=O) groups is 2. The number of Topliss-reactive ketones (excluding diaryl/α,β-unsaturated/α-hetero) is 1. The molecule has 4 aromatic rings. The lowest BCUT2D eigenvalue weighted by Gasteiger charge is -2.23. The normalized spacial score (nSPS) is 16.4. The van der Waals surface area contributed by atoms with Crippen molar-refractivity contribution in [3.05, 3.63) is 105 Å². The van der Waals surface area contributed by atoms with Crippen LogP contribution < -0.4 is 9.64 Å². The molecular formula is C30H25Cl2N3O4S2. The van der Waals surface area contributed by atoms with Gasteiger partial charge in [-0.1, -0.05) is 96.0 Å². The molecule has 7 nitrogen and oxygen atoms in total. The summed E-state index contributed by atoms with van der Waals surface area (Å²) < 4.78 is 6.35. The molecule has 0 aliphatic carbocycles. The molecule has 1 amide bonds. The molecule has 41 heavy (non-hydrogen) atoms. The highest BCUT2D eigenvalue weighted by Crippen LogP contribution is 2.45. The van der Waals surface area contributed by atoms with Crippen LogP contribution in [0.1, 0.15) is 42.5 Å². The number of amides is 1. The standard InChI is InChI=1S/C30H25Cl2N3O4S2/c1-2-3-15-39-21-12-9-19(10-13-21)26(36)24-25(20-11-14-22(31)23(32)16-20)35(28(38)27(24)37)29-33-34-30(41-29)40-17-18-7-5-4-6-8-18/h4-14,16,25,36H,2-3,15,17H2,1H3/t25-/m0/s1. The Morgan fingerprint density at radius 2 is 1.78 bits per heavy atom. The Morgan fingerprint density at radius 1 is 1.02 bits per heavy atom.